The average molecular weight is 631 g/mol. The molecule has 7 aromatic carbocycles. The van der Waals surface area contributed by atoms with Crippen LogP contribution in [0, 0.1) is 0 Å². The number of fused-ring (bicyclic) bond motifs is 3. The molecule has 0 saturated carbocycles. The van der Waals surface area contributed by atoms with Crippen LogP contribution in [-0.4, -0.2) is 14.7 Å². The summed E-state index contributed by atoms with van der Waals surface area (Å²) in [7, 11) is 0. The monoisotopic (exact) mass is 630 g/mol. The van der Waals surface area contributed by atoms with Gasteiger partial charge >= 0.3 is 0 Å². The molecular weight excluding hydrogens is 601 g/mol. The van der Waals surface area contributed by atoms with E-state index in [1.165, 1.54) is 16.3 Å². The maximum absolute atomic E-state index is 5.65. The van der Waals surface area contributed by atoms with E-state index in [0.717, 1.165) is 50.5 Å². The SMILES string of the molecule is c1ccc(-c2noc(-c3cccc(-c4ccc(-n5c6ccccc6c6cc(N(c7ccccc7)c7ccccc7)ccc65)cc4)c3)n2)cc1. The lowest BCUT2D eigenvalue weighted by atomic mass is 10.0. The molecule has 0 N–H and O–H groups in total. The first-order chi connectivity index (χ1) is 24.3. The molecule has 0 bridgehead atoms. The first-order valence-corrected chi connectivity index (χ1v) is 16.3. The molecule has 2 aromatic heterocycles. The molecular formula is C44H30N4O. The zero-order valence-electron chi connectivity index (χ0n) is 26.5. The summed E-state index contributed by atoms with van der Waals surface area (Å²) in [5.74, 6) is 1.08. The van der Waals surface area contributed by atoms with Crippen molar-refractivity contribution >= 4 is 38.9 Å². The molecule has 9 aromatic rings. The van der Waals surface area contributed by atoms with Gasteiger partial charge in [-0.3, -0.25) is 0 Å². The summed E-state index contributed by atoms with van der Waals surface area (Å²) in [5.41, 5.74) is 10.8. The van der Waals surface area contributed by atoms with Crippen molar-refractivity contribution in [2.24, 2.45) is 0 Å². The van der Waals surface area contributed by atoms with Crippen LogP contribution in [0.3, 0.4) is 0 Å². The smallest absolute Gasteiger partial charge is 0.258 e. The molecule has 49 heavy (non-hydrogen) atoms. The van der Waals surface area contributed by atoms with Gasteiger partial charge in [0.05, 0.1) is 11.0 Å². The highest BCUT2D eigenvalue weighted by atomic mass is 16.5. The number of para-hydroxylation sites is 3. The van der Waals surface area contributed by atoms with Gasteiger partial charge in [0, 0.05) is 44.6 Å². The van der Waals surface area contributed by atoms with Crippen LogP contribution in [0.1, 0.15) is 0 Å². The summed E-state index contributed by atoms with van der Waals surface area (Å²) in [6.45, 7) is 0. The van der Waals surface area contributed by atoms with E-state index >= 15 is 0 Å². The first kappa shape index (κ1) is 28.5. The summed E-state index contributed by atoms with van der Waals surface area (Å²) in [6.07, 6.45) is 0. The van der Waals surface area contributed by atoms with E-state index in [9.17, 15) is 0 Å². The van der Waals surface area contributed by atoms with E-state index in [1.807, 2.05) is 42.5 Å². The Morgan fingerprint density at radius 1 is 0.429 bits per heavy atom. The molecule has 5 heteroatoms. The zero-order chi connectivity index (χ0) is 32.6. The van der Waals surface area contributed by atoms with Crippen molar-refractivity contribution in [2.75, 3.05) is 4.90 Å². The van der Waals surface area contributed by atoms with Gasteiger partial charge in [-0.05, 0) is 83.9 Å². The minimum absolute atomic E-state index is 0.500. The second kappa shape index (κ2) is 12.1. The Hall–Kier alpha value is -6.72. The van der Waals surface area contributed by atoms with Crippen molar-refractivity contribution in [2.45, 2.75) is 0 Å². The van der Waals surface area contributed by atoms with Crippen molar-refractivity contribution in [3.63, 3.8) is 0 Å². The fraction of sp³-hybridized carbons (Fsp3) is 0. The number of rotatable bonds is 7. The molecule has 0 aliphatic carbocycles. The van der Waals surface area contributed by atoms with Gasteiger partial charge in [0.2, 0.25) is 5.82 Å². The molecule has 0 aliphatic heterocycles. The Bertz CT molecular complexity index is 2500. The van der Waals surface area contributed by atoms with Crippen molar-refractivity contribution in [3.8, 4) is 39.7 Å². The normalized spacial score (nSPS) is 11.3. The number of benzene rings is 7. The summed E-state index contributed by atoms with van der Waals surface area (Å²) < 4.78 is 8.01. The summed E-state index contributed by atoms with van der Waals surface area (Å²) in [6, 6.07) is 63.4. The number of anilines is 3. The molecule has 0 atom stereocenters. The third-order valence-electron chi connectivity index (χ3n) is 8.97. The fourth-order valence-electron chi connectivity index (χ4n) is 6.66. The quantitative estimate of drug-likeness (QED) is 0.176. The van der Waals surface area contributed by atoms with Crippen molar-refractivity contribution < 1.29 is 4.52 Å². The van der Waals surface area contributed by atoms with E-state index in [2.05, 4.69) is 159 Å². The van der Waals surface area contributed by atoms with Crippen LogP contribution in [0.4, 0.5) is 17.1 Å². The molecule has 0 amide bonds. The van der Waals surface area contributed by atoms with Gasteiger partial charge in [-0.2, -0.15) is 4.98 Å². The van der Waals surface area contributed by atoms with E-state index in [1.54, 1.807) is 0 Å². The highest BCUT2D eigenvalue weighted by Crippen LogP contribution is 2.39. The number of hydrogen-bond donors (Lipinski definition) is 0. The highest BCUT2D eigenvalue weighted by Gasteiger charge is 2.17. The molecule has 232 valence electrons. The van der Waals surface area contributed by atoms with Crippen LogP contribution >= 0.6 is 0 Å². The summed E-state index contributed by atoms with van der Waals surface area (Å²) in [5, 5.41) is 6.63. The van der Waals surface area contributed by atoms with Crippen LogP contribution in [0.25, 0.3) is 61.5 Å². The first-order valence-electron chi connectivity index (χ1n) is 16.3. The van der Waals surface area contributed by atoms with Gasteiger partial charge in [-0.25, -0.2) is 0 Å². The molecule has 2 heterocycles. The van der Waals surface area contributed by atoms with E-state index in [-0.39, 0.29) is 0 Å². The second-order valence-corrected chi connectivity index (χ2v) is 12.0. The van der Waals surface area contributed by atoms with E-state index in [4.69, 9.17) is 4.52 Å². The lowest BCUT2D eigenvalue weighted by Crippen LogP contribution is -2.09. The van der Waals surface area contributed by atoms with Crippen LogP contribution in [-0.2, 0) is 0 Å². The van der Waals surface area contributed by atoms with Crippen LogP contribution in [0.2, 0.25) is 0 Å². The number of hydrogen-bond acceptors (Lipinski definition) is 4. The topological polar surface area (TPSA) is 47.1 Å². The maximum atomic E-state index is 5.65. The van der Waals surface area contributed by atoms with Gasteiger partial charge in [-0.1, -0.05) is 114 Å². The third-order valence-corrected chi connectivity index (χ3v) is 8.97. The Kier molecular flexibility index (Phi) is 7.06. The molecule has 9 rings (SSSR count). The Morgan fingerprint density at radius 3 is 1.78 bits per heavy atom. The molecule has 0 aliphatic rings. The van der Waals surface area contributed by atoms with Crippen molar-refractivity contribution in [1.29, 1.82) is 0 Å². The van der Waals surface area contributed by atoms with Crippen LogP contribution < -0.4 is 4.90 Å². The number of nitrogens with zero attached hydrogens (tertiary/aromatic N) is 4. The van der Waals surface area contributed by atoms with Gasteiger partial charge < -0.3 is 14.0 Å². The molecule has 0 saturated heterocycles. The summed E-state index contributed by atoms with van der Waals surface area (Å²) in [4.78, 5) is 6.97. The van der Waals surface area contributed by atoms with Crippen LogP contribution in [0.15, 0.2) is 187 Å². The molecule has 5 nitrogen and oxygen atoms in total. The maximum Gasteiger partial charge on any atom is 0.258 e. The molecule has 0 unspecified atom stereocenters. The predicted octanol–water partition coefficient (Wildman–Crippen LogP) is 11.6. The Morgan fingerprint density at radius 2 is 1.04 bits per heavy atom. The fourth-order valence-corrected chi connectivity index (χ4v) is 6.66. The molecule has 0 spiro atoms. The lowest BCUT2D eigenvalue weighted by molar-refractivity contribution is 0.432. The standard InChI is InChI=1S/C44H30N4O/c1-4-13-32(14-5-1)43-45-44(49-46-43)34-16-12-15-33(29-34)31-23-25-37(26-24-31)48-41-22-11-10-21-39(41)40-30-38(27-28-42(40)48)47(35-17-6-2-7-18-35)36-19-8-3-9-20-36/h1-30H. The van der Waals surface area contributed by atoms with Gasteiger partial charge in [0.15, 0.2) is 0 Å². The average Bonchev–Trinajstić information content (AvgIpc) is 3.80. The highest BCUT2D eigenvalue weighted by molar-refractivity contribution is 6.10. The Balaban J connectivity index is 1.09. The van der Waals surface area contributed by atoms with Crippen molar-refractivity contribution in [1.82, 2.24) is 14.7 Å². The Labute approximate surface area is 284 Å². The molecule has 0 radical (unpaired) electrons. The zero-order valence-corrected chi connectivity index (χ0v) is 26.5. The third kappa shape index (κ3) is 5.24. The predicted molar refractivity (Wildman–Crippen MR) is 200 cm³/mol. The lowest BCUT2D eigenvalue weighted by Gasteiger charge is -2.25. The van der Waals surface area contributed by atoms with E-state index in [0.29, 0.717) is 11.7 Å². The van der Waals surface area contributed by atoms with Gasteiger partial charge in [-0.15, -0.1) is 0 Å². The second-order valence-electron chi connectivity index (χ2n) is 12.0. The minimum Gasteiger partial charge on any atom is -0.334 e. The number of aromatic nitrogens is 3. The van der Waals surface area contributed by atoms with Gasteiger partial charge in [0.1, 0.15) is 0 Å². The van der Waals surface area contributed by atoms with Gasteiger partial charge in [0.25, 0.3) is 5.89 Å². The van der Waals surface area contributed by atoms with Crippen LogP contribution in [0.5, 0.6) is 0 Å². The van der Waals surface area contributed by atoms with Crippen molar-refractivity contribution in [3.05, 3.63) is 182 Å². The molecule has 0 fully saturated rings. The largest absolute Gasteiger partial charge is 0.334 e. The van der Waals surface area contributed by atoms with E-state index < -0.39 is 0 Å². The minimum atomic E-state index is 0.500. The summed E-state index contributed by atoms with van der Waals surface area (Å²) >= 11 is 0.